The molecule has 1 aliphatic heterocycles. The van der Waals surface area contributed by atoms with Crippen LogP contribution in [-0.2, 0) is 16.0 Å². The number of aryl methyl sites for hydroxylation is 1. The molecule has 3 amide bonds. The number of para-hydroxylation sites is 1. The summed E-state index contributed by atoms with van der Waals surface area (Å²) in [5.74, 6) is 0.0996. The lowest BCUT2D eigenvalue weighted by molar-refractivity contribution is -0.130. The fourth-order valence-corrected chi connectivity index (χ4v) is 5.26. The maximum Gasteiger partial charge on any atom is 0.254 e. The maximum absolute atomic E-state index is 13.0. The van der Waals surface area contributed by atoms with Gasteiger partial charge in [0.2, 0.25) is 11.8 Å². The molecule has 10 heteroatoms. The van der Waals surface area contributed by atoms with Gasteiger partial charge in [-0.1, -0.05) is 18.2 Å². The minimum atomic E-state index is -0.342. The molecule has 1 saturated heterocycles. The van der Waals surface area contributed by atoms with Crippen LogP contribution in [0, 0.1) is 6.92 Å². The van der Waals surface area contributed by atoms with Gasteiger partial charge in [0.25, 0.3) is 5.91 Å². The molecule has 1 N–H and O–H groups in total. The molecule has 0 unspecified atom stereocenters. The van der Waals surface area contributed by atoms with Crippen molar-refractivity contribution < 1.29 is 19.1 Å². The summed E-state index contributed by atoms with van der Waals surface area (Å²) in [6, 6.07) is 14.9. The number of methoxy groups -OCH3 is 1. The van der Waals surface area contributed by atoms with Gasteiger partial charge in [-0.25, -0.2) is 4.98 Å². The maximum atomic E-state index is 13.0. The number of nitrogens with zero attached hydrogens (tertiary/aromatic N) is 4. The van der Waals surface area contributed by atoms with Crippen LogP contribution in [0.4, 0.5) is 10.8 Å². The monoisotopic (exact) mass is 549 g/mol. The predicted molar refractivity (Wildman–Crippen MR) is 154 cm³/mol. The van der Waals surface area contributed by atoms with Crippen LogP contribution in [0.3, 0.4) is 0 Å². The molecule has 0 radical (unpaired) electrons. The molecular weight excluding hydrogens is 514 g/mol. The SMILES string of the molecule is COc1ccc(C(=O)N(CC(=O)Nc2nc(CC(=O)N3CCN(c4ccccc4C)CC3)cs2)C(C)C)cc1. The van der Waals surface area contributed by atoms with Crippen LogP contribution in [0.5, 0.6) is 5.75 Å². The molecule has 0 aliphatic carbocycles. The van der Waals surface area contributed by atoms with Crippen LogP contribution in [-0.4, -0.2) is 78.4 Å². The predicted octanol–water partition coefficient (Wildman–Crippen LogP) is 3.84. The van der Waals surface area contributed by atoms with Crippen molar-refractivity contribution in [2.45, 2.75) is 33.2 Å². The molecule has 0 spiro atoms. The molecular formula is C29H35N5O4S. The van der Waals surface area contributed by atoms with E-state index < -0.39 is 0 Å². The summed E-state index contributed by atoms with van der Waals surface area (Å²) < 4.78 is 5.15. The fourth-order valence-electron chi connectivity index (χ4n) is 4.53. The number of hydrogen-bond donors (Lipinski definition) is 1. The molecule has 0 bridgehead atoms. The third-order valence-electron chi connectivity index (χ3n) is 6.75. The number of anilines is 2. The van der Waals surface area contributed by atoms with Gasteiger partial charge in [0.1, 0.15) is 12.3 Å². The molecule has 39 heavy (non-hydrogen) atoms. The Labute approximate surface area is 233 Å². The molecule has 206 valence electrons. The normalized spacial score (nSPS) is 13.4. The number of amides is 3. The highest BCUT2D eigenvalue weighted by atomic mass is 32.1. The summed E-state index contributed by atoms with van der Waals surface area (Å²) in [6.07, 6.45) is 0.185. The zero-order valence-corrected chi connectivity index (χ0v) is 23.7. The zero-order valence-electron chi connectivity index (χ0n) is 22.8. The van der Waals surface area contributed by atoms with Crippen LogP contribution in [0.2, 0.25) is 0 Å². The highest BCUT2D eigenvalue weighted by Gasteiger charge is 2.24. The second-order valence-electron chi connectivity index (χ2n) is 9.78. The van der Waals surface area contributed by atoms with E-state index in [1.165, 1.54) is 27.5 Å². The largest absolute Gasteiger partial charge is 0.497 e. The molecule has 9 nitrogen and oxygen atoms in total. The quantitative estimate of drug-likeness (QED) is 0.436. The van der Waals surface area contributed by atoms with Crippen LogP contribution in [0.25, 0.3) is 0 Å². The lowest BCUT2D eigenvalue weighted by atomic mass is 10.1. The van der Waals surface area contributed by atoms with E-state index in [-0.39, 0.29) is 36.7 Å². The van der Waals surface area contributed by atoms with E-state index >= 15 is 0 Å². The second-order valence-corrected chi connectivity index (χ2v) is 10.6. The first-order chi connectivity index (χ1) is 18.7. The number of benzene rings is 2. The lowest BCUT2D eigenvalue weighted by Crippen LogP contribution is -2.49. The Kier molecular flexibility index (Phi) is 9.19. The van der Waals surface area contributed by atoms with Crippen LogP contribution < -0.4 is 15.0 Å². The smallest absolute Gasteiger partial charge is 0.254 e. The minimum absolute atomic E-state index is 0.0266. The van der Waals surface area contributed by atoms with Gasteiger partial charge in [-0.2, -0.15) is 0 Å². The highest BCUT2D eigenvalue weighted by Crippen LogP contribution is 2.22. The summed E-state index contributed by atoms with van der Waals surface area (Å²) in [7, 11) is 1.56. The van der Waals surface area contributed by atoms with Crippen molar-refractivity contribution in [1.29, 1.82) is 0 Å². The van der Waals surface area contributed by atoms with Crippen LogP contribution in [0.1, 0.15) is 35.5 Å². The van der Waals surface area contributed by atoms with Crippen molar-refractivity contribution in [2.24, 2.45) is 0 Å². The topological polar surface area (TPSA) is 95.1 Å². The molecule has 1 fully saturated rings. The first-order valence-corrected chi connectivity index (χ1v) is 13.9. The number of rotatable bonds is 9. The summed E-state index contributed by atoms with van der Waals surface area (Å²) in [5.41, 5.74) is 3.55. The first-order valence-electron chi connectivity index (χ1n) is 13.0. The molecule has 1 aliphatic rings. The summed E-state index contributed by atoms with van der Waals surface area (Å²) >= 11 is 1.27. The molecule has 0 saturated carbocycles. The Bertz CT molecular complexity index is 1300. The molecule has 4 rings (SSSR count). The number of carbonyl (C=O) groups is 3. The van der Waals surface area contributed by atoms with Gasteiger partial charge >= 0.3 is 0 Å². The zero-order chi connectivity index (χ0) is 27.9. The number of aromatic nitrogens is 1. The second kappa shape index (κ2) is 12.8. The average molecular weight is 550 g/mol. The van der Waals surface area contributed by atoms with E-state index in [1.54, 1.807) is 36.8 Å². The Hall–Kier alpha value is -3.92. The number of hydrogen-bond acceptors (Lipinski definition) is 7. The Morgan fingerprint density at radius 1 is 1.05 bits per heavy atom. The molecule has 0 atom stereocenters. The van der Waals surface area contributed by atoms with E-state index in [9.17, 15) is 14.4 Å². The Morgan fingerprint density at radius 3 is 2.38 bits per heavy atom. The minimum Gasteiger partial charge on any atom is -0.497 e. The highest BCUT2D eigenvalue weighted by molar-refractivity contribution is 7.13. The van der Waals surface area contributed by atoms with Crippen molar-refractivity contribution in [3.05, 3.63) is 70.7 Å². The molecule has 2 heterocycles. The molecule has 2 aromatic carbocycles. The van der Waals surface area contributed by atoms with Gasteiger partial charge in [0.05, 0.1) is 19.2 Å². The fraction of sp³-hybridized carbons (Fsp3) is 0.379. The third kappa shape index (κ3) is 7.14. The van der Waals surface area contributed by atoms with E-state index in [4.69, 9.17) is 4.74 Å². The number of carbonyl (C=O) groups excluding carboxylic acids is 3. The molecule has 1 aromatic heterocycles. The van der Waals surface area contributed by atoms with E-state index in [2.05, 4.69) is 34.3 Å². The van der Waals surface area contributed by atoms with Gasteiger partial charge in [0.15, 0.2) is 5.13 Å². The standard InChI is InChI=1S/C29H35N5O4S/c1-20(2)34(28(37)22-9-11-24(38-4)12-10-22)18-26(35)31-29-30-23(19-39-29)17-27(36)33-15-13-32(14-16-33)25-8-6-5-7-21(25)3/h5-12,19-20H,13-18H2,1-4H3,(H,30,31,35). The van der Waals surface area contributed by atoms with E-state index in [0.717, 1.165) is 13.1 Å². The number of thiazole rings is 1. The third-order valence-corrected chi connectivity index (χ3v) is 7.56. The van der Waals surface area contributed by atoms with Gasteiger partial charge in [-0.05, 0) is 56.7 Å². The van der Waals surface area contributed by atoms with Gasteiger partial charge in [-0.15, -0.1) is 11.3 Å². The van der Waals surface area contributed by atoms with Gasteiger partial charge in [0, 0.05) is 48.9 Å². The summed E-state index contributed by atoms with van der Waals surface area (Å²) in [5, 5.41) is 4.98. The van der Waals surface area contributed by atoms with Crippen molar-refractivity contribution in [3.63, 3.8) is 0 Å². The van der Waals surface area contributed by atoms with E-state index in [1.807, 2.05) is 30.9 Å². The van der Waals surface area contributed by atoms with Crippen molar-refractivity contribution in [1.82, 2.24) is 14.8 Å². The van der Waals surface area contributed by atoms with Gasteiger partial charge in [-0.3, -0.25) is 14.4 Å². The number of nitrogens with one attached hydrogen (secondary N) is 1. The number of piperazine rings is 1. The van der Waals surface area contributed by atoms with E-state index in [0.29, 0.717) is 35.2 Å². The Balaban J connectivity index is 1.28. The summed E-state index contributed by atoms with van der Waals surface area (Å²) in [4.78, 5) is 48.8. The van der Waals surface area contributed by atoms with Gasteiger partial charge < -0.3 is 24.8 Å². The Morgan fingerprint density at radius 2 is 1.74 bits per heavy atom. The van der Waals surface area contributed by atoms with Crippen LogP contribution >= 0.6 is 11.3 Å². The average Bonchev–Trinajstić information content (AvgIpc) is 3.37. The lowest BCUT2D eigenvalue weighted by Gasteiger charge is -2.36. The number of ether oxygens (including phenoxy) is 1. The summed E-state index contributed by atoms with van der Waals surface area (Å²) in [6.45, 7) is 8.62. The molecule has 3 aromatic rings. The van der Waals surface area contributed by atoms with Crippen molar-refractivity contribution in [3.8, 4) is 5.75 Å². The van der Waals surface area contributed by atoms with Crippen LogP contribution in [0.15, 0.2) is 53.9 Å². The van der Waals surface area contributed by atoms with Crippen molar-refractivity contribution in [2.75, 3.05) is 50.1 Å². The van der Waals surface area contributed by atoms with Crippen molar-refractivity contribution >= 4 is 39.9 Å². The first kappa shape index (κ1) is 28.1.